The summed E-state index contributed by atoms with van der Waals surface area (Å²) in [5.74, 6) is 1.47. The van der Waals surface area contributed by atoms with Crippen molar-refractivity contribution in [1.82, 2.24) is 30.0 Å². The molecule has 5 rings (SSSR count). The number of morpholine rings is 1. The Labute approximate surface area is 275 Å². The van der Waals surface area contributed by atoms with E-state index in [1.54, 1.807) is 25.6 Å². The van der Waals surface area contributed by atoms with Crippen LogP contribution in [0.1, 0.15) is 38.6 Å². The predicted octanol–water partition coefficient (Wildman–Crippen LogP) is 4.56. The molecular formula is C32H45ClN8O5. The summed E-state index contributed by atoms with van der Waals surface area (Å²) < 4.78 is 30.3. The lowest BCUT2D eigenvalue weighted by Crippen LogP contribution is -2.45. The van der Waals surface area contributed by atoms with Crippen LogP contribution in [0.2, 0.25) is 5.02 Å². The van der Waals surface area contributed by atoms with E-state index in [-0.39, 0.29) is 6.10 Å². The van der Waals surface area contributed by atoms with Crippen LogP contribution >= 0.6 is 11.6 Å². The van der Waals surface area contributed by atoms with Crippen molar-refractivity contribution in [2.75, 3.05) is 71.7 Å². The van der Waals surface area contributed by atoms with Crippen LogP contribution in [0.3, 0.4) is 0 Å². The van der Waals surface area contributed by atoms with E-state index < -0.39 is 0 Å². The molecule has 13 nitrogen and oxygen atoms in total. The predicted molar refractivity (Wildman–Crippen MR) is 177 cm³/mol. The number of halogens is 1. The van der Waals surface area contributed by atoms with E-state index in [2.05, 4.69) is 25.5 Å². The maximum atomic E-state index is 7.15. The van der Waals surface area contributed by atoms with Gasteiger partial charge < -0.3 is 34.3 Å². The molecule has 0 amide bonds. The summed E-state index contributed by atoms with van der Waals surface area (Å²) in [6, 6.07) is 6.46. The molecule has 14 heteroatoms. The topological polar surface area (TPSA) is 141 Å². The van der Waals surface area contributed by atoms with Gasteiger partial charge in [-0.25, -0.2) is 9.97 Å². The zero-order valence-electron chi connectivity index (χ0n) is 26.6. The summed E-state index contributed by atoms with van der Waals surface area (Å²) in [6.45, 7) is 7.92. The lowest BCUT2D eigenvalue weighted by atomic mass is 9.90. The summed E-state index contributed by atoms with van der Waals surface area (Å²) in [7, 11) is 1.65. The van der Waals surface area contributed by atoms with Gasteiger partial charge in [0.1, 0.15) is 24.1 Å². The largest absolute Gasteiger partial charge is 0.487 e. The molecule has 0 spiro atoms. The van der Waals surface area contributed by atoms with E-state index in [0.29, 0.717) is 73.3 Å². The van der Waals surface area contributed by atoms with Crippen LogP contribution in [0.25, 0.3) is 11.1 Å². The molecule has 0 bridgehead atoms. The SMILES string of the molecule is COCCOCCOc1nn([C@H]2CC[C@H](N3CCOCC3)CC2)cc1Nc1ncc(-c2ccc(Cl)c(O[C@@H](C)CNC=N)c2)cn1. The second-order valence-corrected chi connectivity index (χ2v) is 11.8. The van der Waals surface area contributed by atoms with Crippen LogP contribution in [-0.4, -0.2) is 110 Å². The van der Waals surface area contributed by atoms with E-state index in [1.807, 2.05) is 29.9 Å². The van der Waals surface area contributed by atoms with Crippen LogP contribution in [-0.2, 0) is 14.2 Å². The summed E-state index contributed by atoms with van der Waals surface area (Å²) in [5.41, 5.74) is 2.39. The Morgan fingerprint density at radius 3 is 2.52 bits per heavy atom. The van der Waals surface area contributed by atoms with Gasteiger partial charge in [-0.15, -0.1) is 5.10 Å². The third-order valence-electron chi connectivity index (χ3n) is 8.20. The molecule has 3 N–H and O–H groups in total. The smallest absolute Gasteiger partial charge is 0.257 e. The van der Waals surface area contributed by atoms with Gasteiger partial charge in [0.25, 0.3) is 5.88 Å². The van der Waals surface area contributed by atoms with Crippen LogP contribution in [0.5, 0.6) is 11.6 Å². The molecule has 3 aromatic rings. The van der Waals surface area contributed by atoms with Crippen molar-refractivity contribution >= 4 is 29.6 Å². The molecule has 3 heterocycles. The monoisotopic (exact) mass is 656 g/mol. The van der Waals surface area contributed by atoms with Crippen LogP contribution < -0.4 is 20.1 Å². The molecule has 1 aliphatic heterocycles. The highest BCUT2D eigenvalue weighted by Crippen LogP contribution is 2.35. The highest BCUT2D eigenvalue weighted by molar-refractivity contribution is 6.32. The van der Waals surface area contributed by atoms with Crippen molar-refractivity contribution < 1.29 is 23.7 Å². The Morgan fingerprint density at radius 1 is 1.04 bits per heavy atom. The summed E-state index contributed by atoms with van der Waals surface area (Å²) in [5, 5.41) is 18.6. The van der Waals surface area contributed by atoms with Crippen molar-refractivity contribution in [3.05, 3.63) is 41.8 Å². The number of hydrogen-bond donors (Lipinski definition) is 3. The van der Waals surface area contributed by atoms with Gasteiger partial charge in [-0.3, -0.25) is 15.0 Å². The highest BCUT2D eigenvalue weighted by atomic mass is 35.5. The molecule has 1 aromatic carbocycles. The van der Waals surface area contributed by atoms with Crippen molar-refractivity contribution in [3.8, 4) is 22.8 Å². The second kappa shape index (κ2) is 17.4. The average Bonchev–Trinajstić information content (AvgIpc) is 3.49. The quantitative estimate of drug-likeness (QED) is 0.107. The lowest BCUT2D eigenvalue weighted by molar-refractivity contribution is 0.00501. The van der Waals surface area contributed by atoms with Crippen molar-refractivity contribution in [3.63, 3.8) is 0 Å². The molecule has 1 atom stereocenters. The number of aromatic nitrogens is 4. The van der Waals surface area contributed by atoms with E-state index in [1.165, 1.54) is 0 Å². The standard InChI is InChI=1S/C32H45ClN8O5/c1-23(18-35-22-34)46-30-17-24(3-8-28(30)33)25-19-36-32(37-20-25)38-29-21-41(39-31(29)45-16-15-44-14-13-42-2)27-6-4-26(5-7-27)40-9-11-43-12-10-40/h3,8,17,19-23,26-27H,4-7,9-16,18H2,1-2H3,(H2,34,35)(H,36,37,38)/t23-,26-,27-/m0/s1. The van der Waals surface area contributed by atoms with E-state index in [9.17, 15) is 0 Å². The van der Waals surface area contributed by atoms with Gasteiger partial charge in [0.05, 0.1) is 63.2 Å². The lowest BCUT2D eigenvalue weighted by Gasteiger charge is -2.38. The van der Waals surface area contributed by atoms with Gasteiger partial charge in [0, 0.05) is 44.2 Å². The number of nitrogens with one attached hydrogen (secondary N) is 3. The summed E-state index contributed by atoms with van der Waals surface area (Å²) in [6.07, 6.45) is 10.9. The number of benzene rings is 1. The second-order valence-electron chi connectivity index (χ2n) is 11.4. The highest BCUT2D eigenvalue weighted by Gasteiger charge is 2.29. The molecular weight excluding hydrogens is 612 g/mol. The number of rotatable bonds is 17. The number of ether oxygens (including phenoxy) is 5. The fraction of sp³-hybridized carbons (Fsp3) is 0.562. The van der Waals surface area contributed by atoms with Gasteiger partial charge in [-0.2, -0.15) is 0 Å². The third-order valence-corrected chi connectivity index (χ3v) is 8.51. The van der Waals surface area contributed by atoms with Crippen molar-refractivity contribution in [2.45, 2.75) is 50.8 Å². The van der Waals surface area contributed by atoms with Gasteiger partial charge in [0.15, 0.2) is 0 Å². The number of anilines is 2. The van der Waals surface area contributed by atoms with E-state index >= 15 is 0 Å². The molecule has 1 aliphatic carbocycles. The molecule has 2 aliphatic rings. The molecule has 1 saturated heterocycles. The maximum absolute atomic E-state index is 7.15. The number of nitrogens with zero attached hydrogens (tertiary/aromatic N) is 5. The minimum absolute atomic E-state index is 0.175. The minimum Gasteiger partial charge on any atom is -0.487 e. The van der Waals surface area contributed by atoms with Gasteiger partial charge in [0.2, 0.25) is 5.95 Å². The third kappa shape index (κ3) is 9.52. The first-order chi connectivity index (χ1) is 22.5. The van der Waals surface area contributed by atoms with E-state index in [0.717, 1.165) is 69.5 Å². The van der Waals surface area contributed by atoms with Gasteiger partial charge in [-0.05, 0) is 50.3 Å². The zero-order chi connectivity index (χ0) is 32.1. The molecule has 2 fully saturated rings. The Morgan fingerprint density at radius 2 is 1.78 bits per heavy atom. The maximum Gasteiger partial charge on any atom is 0.257 e. The number of hydrogen-bond acceptors (Lipinski definition) is 11. The average molecular weight is 657 g/mol. The first-order valence-electron chi connectivity index (χ1n) is 15.9. The minimum atomic E-state index is -0.175. The molecule has 0 unspecified atom stereocenters. The Kier molecular flexibility index (Phi) is 12.8. The Hall–Kier alpha value is -3.49. The zero-order valence-corrected chi connectivity index (χ0v) is 27.4. The first-order valence-corrected chi connectivity index (χ1v) is 16.3. The fourth-order valence-corrected chi connectivity index (χ4v) is 5.91. The van der Waals surface area contributed by atoms with Crippen LogP contribution in [0.15, 0.2) is 36.8 Å². The van der Waals surface area contributed by atoms with Crippen molar-refractivity contribution in [1.29, 1.82) is 5.41 Å². The molecule has 46 heavy (non-hydrogen) atoms. The van der Waals surface area contributed by atoms with Gasteiger partial charge >= 0.3 is 0 Å². The van der Waals surface area contributed by atoms with Crippen LogP contribution in [0.4, 0.5) is 11.6 Å². The Bertz CT molecular complexity index is 1360. The molecule has 0 radical (unpaired) electrons. The fourth-order valence-electron chi connectivity index (χ4n) is 5.75. The summed E-state index contributed by atoms with van der Waals surface area (Å²) in [4.78, 5) is 11.7. The molecule has 2 aromatic heterocycles. The van der Waals surface area contributed by atoms with Crippen molar-refractivity contribution in [2.24, 2.45) is 0 Å². The Balaban J connectivity index is 1.25. The first kappa shape index (κ1) is 33.9. The normalized spacial score (nSPS) is 19.4. The molecule has 250 valence electrons. The van der Waals surface area contributed by atoms with Gasteiger partial charge in [-0.1, -0.05) is 17.7 Å². The molecule has 1 saturated carbocycles. The summed E-state index contributed by atoms with van der Waals surface area (Å²) >= 11 is 6.39. The number of methoxy groups -OCH3 is 1. The van der Waals surface area contributed by atoms with Crippen LogP contribution in [0, 0.1) is 5.41 Å². The van der Waals surface area contributed by atoms with E-state index in [4.69, 9.17) is 45.8 Å².